The normalized spacial score (nSPS) is 10.1. The first-order chi connectivity index (χ1) is 14.0. The van der Waals surface area contributed by atoms with Crippen molar-refractivity contribution in [1.82, 2.24) is 9.78 Å². The van der Waals surface area contributed by atoms with E-state index in [9.17, 15) is 14.9 Å². The van der Waals surface area contributed by atoms with E-state index >= 15 is 0 Å². The van der Waals surface area contributed by atoms with Gasteiger partial charge in [-0.05, 0) is 36.4 Å². The second kappa shape index (κ2) is 8.53. The molecule has 0 atom stereocenters. The summed E-state index contributed by atoms with van der Waals surface area (Å²) in [5, 5.41) is 26.6. The minimum Gasteiger partial charge on any atom is -0.497 e. The average Bonchev–Trinajstić information content (AvgIpc) is 3.22. The number of non-ortho nitro benzene ring substituents is 1. The highest BCUT2D eigenvalue weighted by Crippen LogP contribution is 2.22. The molecule has 0 aliphatic carbocycles. The Bertz CT molecular complexity index is 1090. The Kier molecular flexibility index (Phi) is 5.70. The van der Waals surface area contributed by atoms with Crippen molar-refractivity contribution in [2.45, 2.75) is 6.73 Å². The number of hydrogen-bond acceptors (Lipinski definition) is 7. The predicted molar refractivity (Wildman–Crippen MR) is 102 cm³/mol. The molecule has 0 unspecified atom stereocenters. The Labute approximate surface area is 165 Å². The Balaban J connectivity index is 1.64. The molecule has 0 radical (unpaired) electrons. The van der Waals surface area contributed by atoms with Crippen LogP contribution < -0.4 is 14.8 Å². The van der Waals surface area contributed by atoms with Gasteiger partial charge in [0.25, 0.3) is 11.6 Å². The molecule has 0 fully saturated rings. The lowest BCUT2D eigenvalue weighted by atomic mass is 10.1. The van der Waals surface area contributed by atoms with Gasteiger partial charge in [-0.2, -0.15) is 10.4 Å². The Morgan fingerprint density at radius 3 is 2.62 bits per heavy atom. The van der Waals surface area contributed by atoms with Gasteiger partial charge in [-0.1, -0.05) is 0 Å². The first-order valence-corrected chi connectivity index (χ1v) is 8.30. The summed E-state index contributed by atoms with van der Waals surface area (Å²) in [4.78, 5) is 22.6. The molecule has 3 aromatic rings. The van der Waals surface area contributed by atoms with Crippen LogP contribution in [0.15, 0.2) is 54.7 Å². The van der Waals surface area contributed by atoms with E-state index in [0.29, 0.717) is 11.5 Å². The zero-order valence-electron chi connectivity index (χ0n) is 15.2. The van der Waals surface area contributed by atoms with Crippen molar-refractivity contribution in [3.8, 4) is 17.6 Å². The highest BCUT2D eigenvalue weighted by molar-refractivity contribution is 6.03. The first-order valence-electron chi connectivity index (χ1n) is 8.30. The van der Waals surface area contributed by atoms with Gasteiger partial charge in [0.15, 0.2) is 12.4 Å². The van der Waals surface area contributed by atoms with E-state index in [1.165, 1.54) is 22.9 Å². The molecule has 1 aromatic heterocycles. The molecule has 0 aliphatic rings. The van der Waals surface area contributed by atoms with E-state index in [1.807, 2.05) is 6.07 Å². The van der Waals surface area contributed by atoms with E-state index in [2.05, 4.69) is 10.4 Å². The number of nitro benzene ring substituents is 1. The molecule has 10 nitrogen and oxygen atoms in total. The number of carbonyl (C=O) groups excluding carboxylic acids is 1. The highest BCUT2D eigenvalue weighted by Gasteiger charge is 2.15. The van der Waals surface area contributed by atoms with Crippen LogP contribution in [0.4, 0.5) is 11.4 Å². The van der Waals surface area contributed by atoms with Crippen molar-refractivity contribution in [3.05, 3.63) is 76.1 Å². The quantitative estimate of drug-likeness (QED) is 0.482. The molecule has 146 valence electrons. The van der Waals surface area contributed by atoms with Crippen LogP contribution in [0.3, 0.4) is 0 Å². The van der Waals surface area contributed by atoms with Crippen LogP contribution in [0.25, 0.3) is 0 Å². The highest BCUT2D eigenvalue weighted by atomic mass is 16.6. The summed E-state index contributed by atoms with van der Waals surface area (Å²) < 4.78 is 12.1. The van der Waals surface area contributed by atoms with Crippen LogP contribution in [0, 0.1) is 21.4 Å². The van der Waals surface area contributed by atoms with Crippen LogP contribution in [0.2, 0.25) is 0 Å². The summed E-state index contributed by atoms with van der Waals surface area (Å²) in [6.45, 7) is 0.0839. The van der Waals surface area contributed by atoms with Crippen molar-refractivity contribution < 1.29 is 19.2 Å². The largest absolute Gasteiger partial charge is 0.497 e. The molecular weight excluding hydrogens is 378 g/mol. The minimum absolute atomic E-state index is 0.0187. The van der Waals surface area contributed by atoms with Gasteiger partial charge < -0.3 is 14.8 Å². The lowest BCUT2D eigenvalue weighted by molar-refractivity contribution is -0.384. The van der Waals surface area contributed by atoms with E-state index in [0.717, 1.165) is 6.07 Å². The number of nitriles is 1. The predicted octanol–water partition coefficient (Wildman–Crippen LogP) is 2.96. The zero-order chi connectivity index (χ0) is 20.8. The zero-order valence-corrected chi connectivity index (χ0v) is 15.2. The Hall–Kier alpha value is -4.39. The van der Waals surface area contributed by atoms with Crippen LogP contribution >= 0.6 is 0 Å². The van der Waals surface area contributed by atoms with Gasteiger partial charge >= 0.3 is 0 Å². The lowest BCUT2D eigenvalue weighted by Gasteiger charge is -2.07. The molecule has 0 saturated heterocycles. The number of nitrogens with one attached hydrogen (secondary N) is 1. The fraction of sp³-hybridized carbons (Fsp3) is 0.105. The monoisotopic (exact) mass is 393 g/mol. The van der Waals surface area contributed by atoms with Gasteiger partial charge in [0, 0.05) is 18.3 Å². The van der Waals surface area contributed by atoms with Crippen molar-refractivity contribution >= 4 is 17.3 Å². The molecule has 3 rings (SSSR count). The summed E-state index contributed by atoms with van der Waals surface area (Å²) >= 11 is 0. The third-order valence-electron chi connectivity index (χ3n) is 3.88. The van der Waals surface area contributed by atoms with E-state index < -0.39 is 10.8 Å². The Morgan fingerprint density at radius 1 is 1.24 bits per heavy atom. The number of amides is 1. The number of nitrogens with zero attached hydrogens (tertiary/aromatic N) is 4. The SMILES string of the molecule is COc1ccc(OCn2ccc(C(=O)Nc3ccc([N+](=O)[O-])cc3C#N)n2)cc1. The molecule has 29 heavy (non-hydrogen) atoms. The number of nitro groups is 1. The fourth-order valence-corrected chi connectivity index (χ4v) is 2.40. The molecule has 0 saturated carbocycles. The molecule has 1 N–H and O–H groups in total. The number of carbonyl (C=O) groups is 1. The second-order valence-electron chi connectivity index (χ2n) is 5.74. The van der Waals surface area contributed by atoms with E-state index in [-0.39, 0.29) is 29.4 Å². The van der Waals surface area contributed by atoms with E-state index in [4.69, 9.17) is 14.7 Å². The van der Waals surface area contributed by atoms with Crippen LogP contribution in [0.5, 0.6) is 11.5 Å². The third kappa shape index (κ3) is 4.67. The first kappa shape index (κ1) is 19.4. The smallest absolute Gasteiger partial charge is 0.276 e. The third-order valence-corrected chi connectivity index (χ3v) is 3.88. The van der Waals surface area contributed by atoms with Gasteiger partial charge in [0.1, 0.15) is 17.6 Å². The van der Waals surface area contributed by atoms with Crippen molar-refractivity contribution in [2.24, 2.45) is 0 Å². The van der Waals surface area contributed by atoms with Gasteiger partial charge in [-0.3, -0.25) is 14.9 Å². The molecule has 10 heteroatoms. The summed E-state index contributed by atoms with van der Waals surface area (Å²) in [5.41, 5.74) is 0.00651. The standard InChI is InChI=1S/C19H15N5O5/c1-28-15-3-5-16(6-4-15)29-12-23-9-8-18(22-23)19(25)21-17-7-2-14(24(26)27)10-13(17)11-20/h2-10H,12H2,1H3,(H,21,25). The van der Waals surface area contributed by atoms with Crippen molar-refractivity contribution in [3.63, 3.8) is 0 Å². The molecule has 0 bridgehead atoms. The molecule has 0 spiro atoms. The molecule has 2 aromatic carbocycles. The number of hydrogen-bond donors (Lipinski definition) is 1. The van der Waals surface area contributed by atoms with Gasteiger partial charge in [-0.25, -0.2) is 4.68 Å². The summed E-state index contributed by atoms with van der Waals surface area (Å²) in [7, 11) is 1.57. The molecule has 0 aliphatic heterocycles. The molecule has 1 amide bonds. The maximum atomic E-state index is 12.4. The van der Waals surface area contributed by atoms with Crippen LogP contribution in [0.1, 0.15) is 16.1 Å². The van der Waals surface area contributed by atoms with Crippen molar-refractivity contribution in [1.29, 1.82) is 5.26 Å². The molecule has 1 heterocycles. The average molecular weight is 393 g/mol. The number of methoxy groups -OCH3 is 1. The fourth-order valence-electron chi connectivity index (χ4n) is 2.40. The maximum Gasteiger partial charge on any atom is 0.276 e. The summed E-state index contributed by atoms with van der Waals surface area (Å²) in [6, 6.07) is 13.9. The number of benzene rings is 2. The number of rotatable bonds is 7. The number of aromatic nitrogens is 2. The summed E-state index contributed by atoms with van der Waals surface area (Å²) in [6.07, 6.45) is 1.57. The van der Waals surface area contributed by atoms with Gasteiger partial charge in [0.05, 0.1) is 23.3 Å². The maximum absolute atomic E-state index is 12.4. The Morgan fingerprint density at radius 2 is 1.97 bits per heavy atom. The second-order valence-corrected chi connectivity index (χ2v) is 5.74. The topological polar surface area (TPSA) is 132 Å². The molecular formula is C19H15N5O5. The van der Waals surface area contributed by atoms with Crippen molar-refractivity contribution in [2.75, 3.05) is 12.4 Å². The van der Waals surface area contributed by atoms with Crippen LogP contribution in [-0.2, 0) is 6.73 Å². The van der Waals surface area contributed by atoms with Gasteiger partial charge in [-0.15, -0.1) is 0 Å². The lowest BCUT2D eigenvalue weighted by Crippen LogP contribution is -2.15. The van der Waals surface area contributed by atoms with Gasteiger partial charge in [0.2, 0.25) is 0 Å². The minimum atomic E-state index is -0.614. The van der Waals surface area contributed by atoms with Crippen LogP contribution in [-0.4, -0.2) is 27.7 Å². The summed E-state index contributed by atoms with van der Waals surface area (Å²) in [5.74, 6) is 0.758. The number of ether oxygens (including phenoxy) is 2. The number of anilines is 1. The van der Waals surface area contributed by atoms with E-state index in [1.54, 1.807) is 37.6 Å².